The highest BCUT2D eigenvalue weighted by molar-refractivity contribution is 5.94. The highest BCUT2D eigenvalue weighted by Gasteiger charge is 2.09. The van der Waals surface area contributed by atoms with E-state index in [0.717, 1.165) is 16.9 Å². The van der Waals surface area contributed by atoms with Gasteiger partial charge in [0.1, 0.15) is 12.1 Å². The van der Waals surface area contributed by atoms with Crippen molar-refractivity contribution >= 4 is 11.7 Å². The Kier molecular flexibility index (Phi) is 4.51. The lowest BCUT2D eigenvalue weighted by Crippen LogP contribution is -2.24. The van der Waals surface area contributed by atoms with Gasteiger partial charge in [0, 0.05) is 43.5 Å². The van der Waals surface area contributed by atoms with Crippen molar-refractivity contribution in [1.82, 2.24) is 25.5 Å². The lowest BCUT2D eigenvalue weighted by Gasteiger charge is -2.16. The second-order valence-electron chi connectivity index (χ2n) is 5.47. The summed E-state index contributed by atoms with van der Waals surface area (Å²) >= 11 is 0. The molecule has 0 spiro atoms. The van der Waals surface area contributed by atoms with Crippen molar-refractivity contribution in [3.63, 3.8) is 0 Å². The van der Waals surface area contributed by atoms with Crippen LogP contribution in [0.2, 0.25) is 0 Å². The first-order valence-electron chi connectivity index (χ1n) is 7.50. The summed E-state index contributed by atoms with van der Waals surface area (Å²) in [6.45, 7) is 0.421. The van der Waals surface area contributed by atoms with Gasteiger partial charge in [0.15, 0.2) is 5.82 Å². The van der Waals surface area contributed by atoms with Gasteiger partial charge < -0.3 is 10.2 Å². The van der Waals surface area contributed by atoms with Gasteiger partial charge in [0.25, 0.3) is 5.91 Å². The SMILES string of the molecule is CN(C)c1ncccc1CNC(=O)c1ccc(-c2ncn[nH]2)cc1. The van der Waals surface area contributed by atoms with Crippen molar-refractivity contribution in [1.29, 1.82) is 0 Å². The summed E-state index contributed by atoms with van der Waals surface area (Å²) in [7, 11) is 3.85. The molecule has 1 aromatic carbocycles. The highest BCUT2D eigenvalue weighted by atomic mass is 16.1. The fourth-order valence-corrected chi connectivity index (χ4v) is 2.37. The Morgan fingerprint density at radius 2 is 1.96 bits per heavy atom. The average Bonchev–Trinajstić information content (AvgIpc) is 3.14. The van der Waals surface area contributed by atoms with Crippen LogP contribution in [-0.4, -0.2) is 40.2 Å². The van der Waals surface area contributed by atoms with Crippen molar-refractivity contribution in [3.8, 4) is 11.4 Å². The molecule has 2 heterocycles. The first-order valence-corrected chi connectivity index (χ1v) is 7.50. The molecule has 24 heavy (non-hydrogen) atoms. The van der Waals surface area contributed by atoms with Crippen molar-refractivity contribution in [2.75, 3.05) is 19.0 Å². The van der Waals surface area contributed by atoms with E-state index in [1.54, 1.807) is 18.3 Å². The van der Waals surface area contributed by atoms with Gasteiger partial charge in [-0.3, -0.25) is 9.89 Å². The molecule has 2 N–H and O–H groups in total. The first kappa shape index (κ1) is 15.7. The van der Waals surface area contributed by atoms with Gasteiger partial charge in [-0.1, -0.05) is 18.2 Å². The third-order valence-electron chi connectivity index (χ3n) is 3.57. The summed E-state index contributed by atoms with van der Waals surface area (Å²) < 4.78 is 0. The minimum Gasteiger partial charge on any atom is -0.362 e. The van der Waals surface area contributed by atoms with Crippen LogP contribution in [0.25, 0.3) is 11.4 Å². The molecule has 0 fully saturated rings. The molecule has 0 radical (unpaired) electrons. The Balaban J connectivity index is 1.67. The van der Waals surface area contributed by atoms with Crippen molar-refractivity contribution in [2.45, 2.75) is 6.54 Å². The number of pyridine rings is 1. The molecule has 2 aromatic heterocycles. The first-order chi connectivity index (χ1) is 11.6. The van der Waals surface area contributed by atoms with E-state index >= 15 is 0 Å². The van der Waals surface area contributed by atoms with Crippen LogP contribution in [0, 0.1) is 0 Å². The molecule has 0 saturated carbocycles. The maximum Gasteiger partial charge on any atom is 0.251 e. The van der Waals surface area contributed by atoms with E-state index in [1.165, 1.54) is 6.33 Å². The van der Waals surface area contributed by atoms with Gasteiger partial charge >= 0.3 is 0 Å². The predicted octanol–water partition coefficient (Wildman–Crippen LogP) is 1.86. The number of amides is 1. The van der Waals surface area contributed by atoms with E-state index in [4.69, 9.17) is 0 Å². The zero-order valence-corrected chi connectivity index (χ0v) is 13.5. The minimum atomic E-state index is -0.132. The van der Waals surface area contributed by atoms with Crippen molar-refractivity contribution < 1.29 is 4.79 Å². The number of hydrogen-bond acceptors (Lipinski definition) is 5. The third kappa shape index (κ3) is 3.40. The Labute approximate surface area is 139 Å². The Morgan fingerprint density at radius 1 is 1.17 bits per heavy atom. The van der Waals surface area contributed by atoms with Crippen LogP contribution in [0.1, 0.15) is 15.9 Å². The van der Waals surface area contributed by atoms with E-state index < -0.39 is 0 Å². The molecule has 0 saturated heterocycles. The topological polar surface area (TPSA) is 86.8 Å². The van der Waals surface area contributed by atoms with E-state index in [1.807, 2.05) is 43.3 Å². The standard InChI is InChI=1S/C17H18N6O/c1-23(2)16-14(4-3-9-18-16)10-19-17(24)13-7-5-12(6-8-13)15-20-11-21-22-15/h3-9,11H,10H2,1-2H3,(H,19,24)(H,20,21,22). The second kappa shape index (κ2) is 6.91. The molecule has 0 aliphatic heterocycles. The van der Waals surface area contributed by atoms with Crippen LogP contribution in [0.4, 0.5) is 5.82 Å². The smallest absolute Gasteiger partial charge is 0.251 e. The average molecular weight is 322 g/mol. The fourth-order valence-electron chi connectivity index (χ4n) is 2.37. The highest BCUT2D eigenvalue weighted by Crippen LogP contribution is 2.16. The Bertz CT molecular complexity index is 811. The van der Waals surface area contributed by atoms with E-state index in [9.17, 15) is 4.79 Å². The predicted molar refractivity (Wildman–Crippen MR) is 91.6 cm³/mol. The number of nitrogens with zero attached hydrogens (tertiary/aromatic N) is 4. The van der Waals surface area contributed by atoms with Crippen LogP contribution in [0.5, 0.6) is 0 Å². The van der Waals surface area contributed by atoms with Gasteiger partial charge in [0.05, 0.1) is 0 Å². The molecule has 7 nitrogen and oxygen atoms in total. The van der Waals surface area contributed by atoms with Crippen LogP contribution in [0.15, 0.2) is 48.9 Å². The quantitative estimate of drug-likeness (QED) is 0.749. The van der Waals surface area contributed by atoms with Crippen LogP contribution < -0.4 is 10.2 Å². The number of nitrogens with one attached hydrogen (secondary N) is 2. The molecular weight excluding hydrogens is 304 g/mol. The van der Waals surface area contributed by atoms with Gasteiger partial charge in [-0.2, -0.15) is 5.10 Å². The van der Waals surface area contributed by atoms with E-state index in [2.05, 4.69) is 25.5 Å². The molecule has 1 amide bonds. The monoisotopic (exact) mass is 322 g/mol. The second-order valence-corrected chi connectivity index (χ2v) is 5.47. The maximum absolute atomic E-state index is 12.3. The minimum absolute atomic E-state index is 0.132. The number of H-pyrrole nitrogens is 1. The summed E-state index contributed by atoms with van der Waals surface area (Å²) in [6, 6.07) is 11.0. The summed E-state index contributed by atoms with van der Waals surface area (Å²) in [4.78, 5) is 22.7. The summed E-state index contributed by atoms with van der Waals surface area (Å²) in [5.41, 5.74) is 2.44. The molecule has 0 unspecified atom stereocenters. The lowest BCUT2D eigenvalue weighted by atomic mass is 10.1. The van der Waals surface area contributed by atoms with Crippen LogP contribution >= 0.6 is 0 Å². The number of aromatic nitrogens is 4. The molecule has 122 valence electrons. The van der Waals surface area contributed by atoms with Gasteiger partial charge in [0.2, 0.25) is 0 Å². The molecule has 3 rings (SSSR count). The number of carbonyl (C=O) groups excluding carboxylic acids is 1. The van der Waals surface area contributed by atoms with Gasteiger partial charge in [-0.25, -0.2) is 9.97 Å². The molecular formula is C17H18N6O. The van der Waals surface area contributed by atoms with E-state index in [0.29, 0.717) is 17.9 Å². The van der Waals surface area contributed by atoms with Gasteiger partial charge in [-0.15, -0.1) is 0 Å². The Hall–Kier alpha value is -3.22. The van der Waals surface area contributed by atoms with Crippen molar-refractivity contribution in [2.24, 2.45) is 0 Å². The summed E-state index contributed by atoms with van der Waals surface area (Å²) in [5.74, 6) is 1.39. The lowest BCUT2D eigenvalue weighted by molar-refractivity contribution is 0.0951. The maximum atomic E-state index is 12.3. The fraction of sp³-hybridized carbons (Fsp3) is 0.176. The zero-order valence-electron chi connectivity index (χ0n) is 13.5. The number of rotatable bonds is 5. The molecule has 0 atom stereocenters. The summed E-state index contributed by atoms with van der Waals surface area (Å²) in [6.07, 6.45) is 3.19. The van der Waals surface area contributed by atoms with Crippen molar-refractivity contribution in [3.05, 3.63) is 60.0 Å². The number of hydrogen-bond donors (Lipinski definition) is 2. The van der Waals surface area contributed by atoms with Crippen LogP contribution in [0.3, 0.4) is 0 Å². The molecule has 0 aliphatic rings. The molecule has 7 heteroatoms. The third-order valence-corrected chi connectivity index (χ3v) is 3.57. The molecule has 0 bridgehead atoms. The number of aromatic amines is 1. The number of carbonyl (C=O) groups is 1. The summed E-state index contributed by atoms with van der Waals surface area (Å²) in [5, 5.41) is 9.53. The largest absolute Gasteiger partial charge is 0.362 e. The zero-order chi connectivity index (χ0) is 16.9. The number of benzene rings is 1. The Morgan fingerprint density at radius 3 is 2.62 bits per heavy atom. The van der Waals surface area contributed by atoms with Gasteiger partial charge in [-0.05, 0) is 18.2 Å². The normalized spacial score (nSPS) is 10.4. The molecule has 3 aromatic rings. The van der Waals surface area contributed by atoms with E-state index in [-0.39, 0.29) is 5.91 Å². The number of anilines is 1. The molecule has 0 aliphatic carbocycles. The van der Waals surface area contributed by atoms with Crippen LogP contribution in [-0.2, 0) is 6.54 Å².